The van der Waals surface area contributed by atoms with Crippen molar-refractivity contribution in [3.63, 3.8) is 0 Å². The van der Waals surface area contributed by atoms with Crippen LogP contribution >= 0.6 is 0 Å². The van der Waals surface area contributed by atoms with Gasteiger partial charge >= 0.3 is 0 Å². The molecule has 0 amide bonds. The van der Waals surface area contributed by atoms with Crippen LogP contribution in [0.25, 0.3) is 11.1 Å². The third kappa shape index (κ3) is 3.31. The van der Waals surface area contributed by atoms with E-state index in [1.807, 2.05) is 12.1 Å². The minimum absolute atomic E-state index is 0.0714. The van der Waals surface area contributed by atoms with Crippen LogP contribution < -0.4 is 26.2 Å². The van der Waals surface area contributed by atoms with Crippen molar-refractivity contribution in [1.29, 1.82) is 0 Å². The van der Waals surface area contributed by atoms with Crippen molar-refractivity contribution in [3.8, 4) is 11.1 Å². The average Bonchev–Trinajstić information content (AvgIpc) is 3.81. The van der Waals surface area contributed by atoms with Gasteiger partial charge in [-0.3, -0.25) is 0 Å². The zero-order valence-corrected chi connectivity index (χ0v) is 26.0. The Kier molecular flexibility index (Phi) is 5.13. The molecular formula is C43H32BFN2. The molecule has 47 heavy (non-hydrogen) atoms. The van der Waals surface area contributed by atoms with E-state index in [9.17, 15) is 4.39 Å². The molecular weight excluding hydrogens is 574 g/mol. The largest absolute Gasteiger partial charge is 0.311 e. The first-order valence-corrected chi connectivity index (χ1v) is 17.1. The molecule has 3 atom stereocenters. The first-order chi connectivity index (χ1) is 23.2. The molecule has 224 valence electrons. The van der Waals surface area contributed by atoms with Gasteiger partial charge in [0.1, 0.15) is 5.82 Å². The number of halogens is 1. The first kappa shape index (κ1) is 26.0. The SMILES string of the molecule is Fc1cccc(N2c3ccccc3B3c4ccccc4N(c4ccc5c(c4)-c4ccccc4C54CC5CCC4C5)c4cccc2c43)c1. The number of benzene rings is 6. The molecule has 2 bridgehead atoms. The molecule has 6 aromatic carbocycles. The Morgan fingerprint density at radius 1 is 0.574 bits per heavy atom. The lowest BCUT2D eigenvalue weighted by atomic mass is 9.33. The van der Waals surface area contributed by atoms with Crippen molar-refractivity contribution in [2.75, 3.05) is 9.80 Å². The van der Waals surface area contributed by atoms with Crippen LogP contribution in [0.15, 0.2) is 133 Å². The van der Waals surface area contributed by atoms with Crippen molar-refractivity contribution < 1.29 is 4.39 Å². The van der Waals surface area contributed by atoms with E-state index in [4.69, 9.17) is 0 Å². The molecule has 4 heteroatoms. The van der Waals surface area contributed by atoms with Crippen LogP contribution in [-0.2, 0) is 5.41 Å². The predicted molar refractivity (Wildman–Crippen MR) is 192 cm³/mol. The lowest BCUT2D eigenvalue weighted by Crippen LogP contribution is -2.61. The van der Waals surface area contributed by atoms with Gasteiger partial charge in [-0.15, -0.1) is 0 Å². The van der Waals surface area contributed by atoms with E-state index in [1.54, 1.807) is 17.2 Å². The van der Waals surface area contributed by atoms with Gasteiger partial charge in [-0.1, -0.05) is 85.3 Å². The van der Waals surface area contributed by atoms with Crippen molar-refractivity contribution in [1.82, 2.24) is 0 Å². The molecule has 0 aromatic heterocycles. The number of hydrogen-bond acceptors (Lipinski definition) is 2. The summed E-state index contributed by atoms with van der Waals surface area (Å²) < 4.78 is 14.7. The molecule has 0 N–H and O–H groups in total. The van der Waals surface area contributed by atoms with Crippen LogP contribution in [0, 0.1) is 17.7 Å². The van der Waals surface area contributed by atoms with E-state index in [1.165, 1.54) is 76.3 Å². The smallest absolute Gasteiger partial charge is 0.252 e. The normalized spacial score (nSPS) is 22.2. The van der Waals surface area contributed by atoms with Crippen molar-refractivity contribution in [2.24, 2.45) is 11.8 Å². The van der Waals surface area contributed by atoms with E-state index in [0.29, 0.717) is 0 Å². The molecule has 11 rings (SSSR count). The summed E-state index contributed by atoms with van der Waals surface area (Å²) in [6, 6.07) is 47.8. The van der Waals surface area contributed by atoms with Crippen molar-refractivity contribution >= 4 is 57.2 Å². The van der Waals surface area contributed by atoms with Gasteiger partial charge in [0, 0.05) is 39.5 Å². The topological polar surface area (TPSA) is 6.48 Å². The van der Waals surface area contributed by atoms with E-state index in [2.05, 4.69) is 119 Å². The summed E-state index contributed by atoms with van der Waals surface area (Å²) in [5.74, 6) is 1.36. The van der Waals surface area contributed by atoms with E-state index < -0.39 is 0 Å². The lowest BCUT2D eigenvalue weighted by Gasteiger charge is -2.44. The summed E-state index contributed by atoms with van der Waals surface area (Å²) in [7, 11) is 0. The van der Waals surface area contributed by atoms with Gasteiger partial charge < -0.3 is 9.80 Å². The highest BCUT2D eigenvalue weighted by molar-refractivity contribution is 7.00. The number of anilines is 6. The number of nitrogens with zero attached hydrogens (tertiary/aromatic N) is 2. The fourth-order valence-electron chi connectivity index (χ4n) is 10.5. The Bertz CT molecular complexity index is 2290. The molecule has 5 aliphatic rings. The summed E-state index contributed by atoms with van der Waals surface area (Å²) in [5, 5.41) is 0. The molecule has 1 spiro atoms. The molecule has 2 nitrogen and oxygen atoms in total. The summed E-state index contributed by atoms with van der Waals surface area (Å²) in [4.78, 5) is 4.73. The number of hydrogen-bond donors (Lipinski definition) is 0. The monoisotopic (exact) mass is 606 g/mol. The molecule has 0 radical (unpaired) electrons. The molecule has 6 aromatic rings. The maximum atomic E-state index is 14.7. The molecule has 2 saturated carbocycles. The summed E-state index contributed by atoms with van der Waals surface area (Å²) >= 11 is 0. The molecule has 0 saturated heterocycles. The number of rotatable bonds is 2. The average molecular weight is 607 g/mol. The first-order valence-electron chi connectivity index (χ1n) is 17.1. The van der Waals surface area contributed by atoms with Gasteiger partial charge in [-0.25, -0.2) is 4.39 Å². The third-order valence-electron chi connectivity index (χ3n) is 12.2. The van der Waals surface area contributed by atoms with Crippen LogP contribution in [-0.4, -0.2) is 6.71 Å². The maximum Gasteiger partial charge on any atom is 0.252 e. The second-order valence-corrected chi connectivity index (χ2v) is 14.2. The quantitative estimate of drug-likeness (QED) is 0.181. The Morgan fingerprint density at radius 2 is 1.21 bits per heavy atom. The zero-order chi connectivity index (χ0) is 30.9. The van der Waals surface area contributed by atoms with Gasteiger partial charge in [0.15, 0.2) is 0 Å². The summed E-state index contributed by atoms with van der Waals surface area (Å²) in [5.41, 5.74) is 16.5. The highest BCUT2D eigenvalue weighted by Crippen LogP contribution is 2.66. The lowest BCUT2D eigenvalue weighted by molar-refractivity contribution is 0.327. The summed E-state index contributed by atoms with van der Waals surface area (Å²) in [6.07, 6.45) is 5.40. The number of para-hydroxylation sites is 2. The Morgan fingerprint density at radius 3 is 1.91 bits per heavy atom. The van der Waals surface area contributed by atoms with Crippen LogP contribution in [0.4, 0.5) is 38.5 Å². The van der Waals surface area contributed by atoms with E-state index in [0.717, 1.165) is 28.9 Å². The zero-order valence-electron chi connectivity index (χ0n) is 26.0. The minimum Gasteiger partial charge on any atom is -0.311 e. The van der Waals surface area contributed by atoms with Crippen LogP contribution in [0.1, 0.15) is 36.8 Å². The molecule has 2 aliphatic heterocycles. The van der Waals surface area contributed by atoms with E-state index >= 15 is 0 Å². The predicted octanol–water partition coefficient (Wildman–Crippen LogP) is 8.99. The van der Waals surface area contributed by atoms with Crippen molar-refractivity contribution in [2.45, 2.75) is 31.1 Å². The van der Waals surface area contributed by atoms with Gasteiger partial charge in [0.2, 0.25) is 0 Å². The standard InChI is InChI=1S/C43H32BFN2/c45-29-9-7-10-30(24-29)46-38-15-5-3-13-36(38)44-37-14-4-6-16-39(37)47(41-18-8-17-40(46)42(41)44)31-21-22-35-33(25-31)32-11-1-2-12-34(32)43(35)26-27-19-20-28(43)23-27/h1-18,21-22,24-25,27-28H,19-20,23,26H2. The maximum absolute atomic E-state index is 14.7. The van der Waals surface area contributed by atoms with Crippen molar-refractivity contribution in [3.05, 3.63) is 150 Å². The second-order valence-electron chi connectivity index (χ2n) is 14.2. The van der Waals surface area contributed by atoms with Gasteiger partial charge in [-0.2, -0.15) is 0 Å². The molecule has 3 unspecified atom stereocenters. The minimum atomic E-state index is -0.231. The molecule has 2 heterocycles. The van der Waals surface area contributed by atoms with E-state index in [-0.39, 0.29) is 17.9 Å². The van der Waals surface area contributed by atoms with Gasteiger partial charge in [0.05, 0.1) is 0 Å². The fraction of sp³-hybridized carbons (Fsp3) is 0.163. The van der Waals surface area contributed by atoms with Crippen LogP contribution in [0.3, 0.4) is 0 Å². The fourth-order valence-corrected chi connectivity index (χ4v) is 10.5. The highest BCUT2D eigenvalue weighted by atomic mass is 19.1. The van der Waals surface area contributed by atoms with Gasteiger partial charge in [0.25, 0.3) is 6.71 Å². The second kappa shape index (κ2) is 9.26. The molecule has 3 aliphatic carbocycles. The Hall–Kier alpha value is -5.09. The summed E-state index contributed by atoms with van der Waals surface area (Å²) in [6.45, 7) is 0.0714. The Labute approximate surface area is 275 Å². The molecule has 2 fully saturated rings. The Balaban J connectivity index is 1.15. The number of fused-ring (bicyclic) bond motifs is 12. The highest BCUT2D eigenvalue weighted by Gasteiger charge is 2.56. The van der Waals surface area contributed by atoms with Gasteiger partial charge in [-0.05, 0) is 124 Å². The van der Waals surface area contributed by atoms with Crippen LogP contribution in [0.5, 0.6) is 0 Å². The van der Waals surface area contributed by atoms with Crippen LogP contribution in [0.2, 0.25) is 0 Å². The third-order valence-corrected chi connectivity index (χ3v) is 12.2.